The molecule has 2 aromatic rings. The van der Waals surface area contributed by atoms with Gasteiger partial charge in [-0.25, -0.2) is 4.79 Å². The van der Waals surface area contributed by atoms with Crippen molar-refractivity contribution in [1.29, 1.82) is 0 Å². The molecule has 35 heavy (non-hydrogen) atoms. The molecule has 0 aromatic heterocycles. The second-order valence-corrected chi connectivity index (χ2v) is 10.4. The van der Waals surface area contributed by atoms with Gasteiger partial charge in [0.25, 0.3) is 0 Å². The number of carboxylic acids is 1. The van der Waals surface area contributed by atoms with Crippen LogP contribution in [0.5, 0.6) is 0 Å². The molecule has 1 saturated carbocycles. The monoisotopic (exact) mass is 476 g/mol. The highest BCUT2D eigenvalue weighted by molar-refractivity contribution is 5.91. The predicted octanol–water partition coefficient (Wildman–Crippen LogP) is 4.41. The molecule has 2 aliphatic carbocycles. The summed E-state index contributed by atoms with van der Waals surface area (Å²) in [7, 11) is 0. The van der Waals surface area contributed by atoms with Gasteiger partial charge in [0, 0.05) is 19.0 Å². The smallest absolute Gasteiger partial charge is 0.408 e. The zero-order valence-corrected chi connectivity index (χ0v) is 20.3. The van der Waals surface area contributed by atoms with Crippen LogP contribution in [0.25, 0.3) is 11.1 Å². The van der Waals surface area contributed by atoms with E-state index in [1.165, 1.54) is 0 Å². The standard InChI is InChI=1S/C28H32N2O5/c1-3-27(2,24(31)30-15-18-9-8-14-28(18,17-30)25(32)33)29-26(34)35-16-23-21-12-6-4-10-19(21)20-11-5-7-13-22(20)23/h4-7,10-13,18,23H,3,8-9,14-17H2,1-2H3,(H,29,34)(H,32,33)/t18-,27?,28-/m0/s1. The van der Waals surface area contributed by atoms with E-state index in [0.29, 0.717) is 19.4 Å². The Hall–Kier alpha value is -3.35. The number of hydrogen-bond acceptors (Lipinski definition) is 4. The fourth-order valence-corrected chi connectivity index (χ4v) is 6.30. The highest BCUT2D eigenvalue weighted by Gasteiger charge is 2.57. The lowest BCUT2D eigenvalue weighted by molar-refractivity contribution is -0.150. The normalized spacial score (nSPS) is 24.3. The van der Waals surface area contributed by atoms with Crippen LogP contribution in [0.1, 0.15) is 56.6 Å². The first-order chi connectivity index (χ1) is 16.8. The number of amides is 2. The van der Waals surface area contributed by atoms with Gasteiger partial charge in [0.15, 0.2) is 0 Å². The summed E-state index contributed by atoms with van der Waals surface area (Å²) in [5, 5.41) is 12.7. The van der Waals surface area contributed by atoms with Gasteiger partial charge in [0.2, 0.25) is 5.91 Å². The molecule has 7 heteroatoms. The minimum atomic E-state index is -1.17. The van der Waals surface area contributed by atoms with Crippen molar-refractivity contribution in [1.82, 2.24) is 10.2 Å². The van der Waals surface area contributed by atoms with Crippen LogP contribution in [0.2, 0.25) is 0 Å². The molecule has 0 spiro atoms. The lowest BCUT2D eigenvalue weighted by Crippen LogP contribution is -2.57. The summed E-state index contributed by atoms with van der Waals surface area (Å²) in [5.74, 6) is -1.16. The highest BCUT2D eigenvalue weighted by atomic mass is 16.5. The first-order valence-corrected chi connectivity index (χ1v) is 12.4. The summed E-state index contributed by atoms with van der Waals surface area (Å²) in [4.78, 5) is 40.0. The second-order valence-electron chi connectivity index (χ2n) is 10.4. The number of carbonyl (C=O) groups is 3. The molecule has 0 bridgehead atoms. The van der Waals surface area contributed by atoms with Crippen molar-refractivity contribution in [3.63, 3.8) is 0 Å². The molecule has 1 unspecified atom stereocenters. The summed E-state index contributed by atoms with van der Waals surface area (Å²) in [6.45, 7) is 4.33. The minimum Gasteiger partial charge on any atom is -0.481 e. The maximum absolute atomic E-state index is 13.5. The first-order valence-electron chi connectivity index (χ1n) is 12.4. The van der Waals surface area contributed by atoms with Crippen molar-refractivity contribution in [2.75, 3.05) is 19.7 Å². The van der Waals surface area contributed by atoms with Gasteiger partial charge in [0.05, 0.1) is 5.41 Å². The van der Waals surface area contributed by atoms with Gasteiger partial charge in [-0.1, -0.05) is 61.9 Å². The van der Waals surface area contributed by atoms with Crippen LogP contribution >= 0.6 is 0 Å². The van der Waals surface area contributed by atoms with Gasteiger partial charge in [-0.05, 0) is 54.4 Å². The molecular weight excluding hydrogens is 444 g/mol. The molecule has 184 valence electrons. The Balaban J connectivity index is 1.26. The number of nitrogens with one attached hydrogen (secondary N) is 1. The van der Waals surface area contributed by atoms with E-state index in [4.69, 9.17) is 4.74 Å². The van der Waals surface area contributed by atoms with Crippen molar-refractivity contribution >= 4 is 18.0 Å². The average molecular weight is 477 g/mol. The molecule has 1 heterocycles. The predicted molar refractivity (Wildman–Crippen MR) is 131 cm³/mol. The summed E-state index contributed by atoms with van der Waals surface area (Å²) in [6.07, 6.45) is 2.02. The van der Waals surface area contributed by atoms with E-state index < -0.39 is 23.0 Å². The van der Waals surface area contributed by atoms with Gasteiger partial charge in [-0.15, -0.1) is 0 Å². The Labute approximate surface area is 205 Å². The van der Waals surface area contributed by atoms with Crippen LogP contribution in [0.3, 0.4) is 0 Å². The van der Waals surface area contributed by atoms with Gasteiger partial charge in [-0.3, -0.25) is 9.59 Å². The van der Waals surface area contributed by atoms with Crippen LogP contribution < -0.4 is 5.32 Å². The zero-order valence-electron chi connectivity index (χ0n) is 20.3. The number of aliphatic carboxylic acids is 1. The first kappa shape index (κ1) is 23.4. The SMILES string of the molecule is CCC(C)(NC(=O)OCC1c2ccccc2-c2ccccc21)C(=O)N1C[C@@H]2CCC[C@]2(C(=O)O)C1. The van der Waals surface area contributed by atoms with Crippen molar-refractivity contribution in [3.05, 3.63) is 59.7 Å². The van der Waals surface area contributed by atoms with Crippen LogP contribution in [0, 0.1) is 11.3 Å². The van der Waals surface area contributed by atoms with E-state index in [9.17, 15) is 19.5 Å². The number of rotatable bonds is 6. The number of likely N-dealkylation sites (tertiary alicyclic amines) is 1. The maximum atomic E-state index is 13.5. The molecule has 1 aliphatic heterocycles. The van der Waals surface area contributed by atoms with Crippen molar-refractivity contribution in [2.24, 2.45) is 11.3 Å². The minimum absolute atomic E-state index is 0.0282. The molecule has 3 aliphatic rings. The van der Waals surface area contributed by atoms with Gasteiger partial charge in [-0.2, -0.15) is 0 Å². The highest BCUT2D eigenvalue weighted by Crippen LogP contribution is 2.49. The van der Waals surface area contributed by atoms with E-state index in [-0.39, 0.29) is 30.9 Å². The molecule has 2 amide bonds. The fourth-order valence-electron chi connectivity index (χ4n) is 6.30. The Morgan fingerprint density at radius 3 is 2.31 bits per heavy atom. The number of benzene rings is 2. The molecule has 1 saturated heterocycles. The van der Waals surface area contributed by atoms with E-state index in [1.807, 2.05) is 31.2 Å². The molecule has 3 atom stereocenters. The van der Waals surface area contributed by atoms with Gasteiger partial charge >= 0.3 is 12.1 Å². The number of carbonyl (C=O) groups excluding carboxylic acids is 2. The van der Waals surface area contributed by atoms with Crippen LogP contribution in [-0.4, -0.2) is 53.2 Å². The van der Waals surface area contributed by atoms with Crippen LogP contribution in [0.4, 0.5) is 4.79 Å². The van der Waals surface area contributed by atoms with Crippen molar-refractivity contribution in [3.8, 4) is 11.1 Å². The second kappa shape index (κ2) is 8.70. The third-order valence-corrected chi connectivity index (χ3v) is 8.48. The molecular formula is C28H32N2O5. The van der Waals surface area contributed by atoms with Crippen molar-refractivity contribution < 1.29 is 24.2 Å². The number of carboxylic acid groups (broad SMARTS) is 1. The Morgan fingerprint density at radius 1 is 1.11 bits per heavy atom. The van der Waals surface area contributed by atoms with Gasteiger partial charge in [0.1, 0.15) is 12.1 Å². The Kier molecular flexibility index (Phi) is 5.82. The molecule has 2 aromatic carbocycles. The van der Waals surface area contributed by atoms with E-state index in [2.05, 4.69) is 29.6 Å². The zero-order chi connectivity index (χ0) is 24.8. The Bertz CT molecular complexity index is 1130. The lowest BCUT2D eigenvalue weighted by atomic mass is 9.81. The van der Waals surface area contributed by atoms with Crippen molar-refractivity contribution in [2.45, 2.75) is 51.0 Å². The van der Waals surface area contributed by atoms with E-state index in [1.54, 1.807) is 11.8 Å². The number of nitrogens with zero attached hydrogens (tertiary/aromatic N) is 1. The number of fused-ring (bicyclic) bond motifs is 4. The van der Waals surface area contributed by atoms with Gasteiger partial charge < -0.3 is 20.1 Å². The third kappa shape index (κ3) is 3.77. The topological polar surface area (TPSA) is 95.9 Å². The van der Waals surface area contributed by atoms with E-state index in [0.717, 1.165) is 35.1 Å². The lowest BCUT2D eigenvalue weighted by Gasteiger charge is -2.33. The largest absolute Gasteiger partial charge is 0.481 e. The summed E-state index contributed by atoms with van der Waals surface area (Å²) < 4.78 is 5.67. The summed E-state index contributed by atoms with van der Waals surface area (Å²) >= 11 is 0. The van der Waals surface area contributed by atoms with E-state index >= 15 is 0 Å². The number of alkyl carbamates (subject to hydrolysis) is 1. The maximum Gasteiger partial charge on any atom is 0.408 e. The molecule has 2 N–H and O–H groups in total. The molecule has 5 rings (SSSR count). The molecule has 2 fully saturated rings. The van der Waals surface area contributed by atoms with Crippen LogP contribution in [-0.2, 0) is 14.3 Å². The average Bonchev–Trinajstić information content (AvgIpc) is 3.52. The summed E-state index contributed by atoms with van der Waals surface area (Å²) in [6, 6.07) is 16.3. The fraction of sp³-hybridized carbons (Fsp3) is 0.464. The Morgan fingerprint density at radius 2 is 1.74 bits per heavy atom. The summed E-state index contributed by atoms with van der Waals surface area (Å²) in [5.41, 5.74) is 2.53. The number of hydrogen-bond donors (Lipinski definition) is 2. The molecule has 7 nitrogen and oxygen atoms in total. The molecule has 0 radical (unpaired) electrons. The third-order valence-electron chi connectivity index (χ3n) is 8.48. The van der Waals surface area contributed by atoms with Crippen LogP contribution in [0.15, 0.2) is 48.5 Å². The quantitative estimate of drug-likeness (QED) is 0.644. The number of ether oxygens (including phenoxy) is 1.